The third-order valence-electron chi connectivity index (χ3n) is 4.17. The Morgan fingerprint density at radius 1 is 1.30 bits per heavy atom. The fourth-order valence-corrected chi connectivity index (χ4v) is 3.28. The average molecular weight is 331 g/mol. The van der Waals surface area contributed by atoms with E-state index in [9.17, 15) is 4.79 Å². The fourth-order valence-electron chi connectivity index (χ4n) is 3.01. The van der Waals surface area contributed by atoms with Gasteiger partial charge < -0.3 is 20.3 Å². The highest BCUT2D eigenvalue weighted by molar-refractivity contribution is 7.80. The third kappa shape index (κ3) is 3.38. The second-order valence-corrected chi connectivity index (χ2v) is 6.30. The van der Waals surface area contributed by atoms with Crippen LogP contribution in [0.2, 0.25) is 0 Å². The van der Waals surface area contributed by atoms with E-state index in [0.29, 0.717) is 31.4 Å². The van der Waals surface area contributed by atoms with Crippen LogP contribution in [0.1, 0.15) is 24.1 Å². The lowest BCUT2D eigenvalue weighted by molar-refractivity contribution is -0.131. The molecular formula is C17H21N3O2S. The molecule has 1 aromatic carbocycles. The number of morpholine rings is 1. The molecule has 0 aromatic heterocycles. The summed E-state index contributed by atoms with van der Waals surface area (Å²) < 4.78 is 5.35. The fraction of sp³-hybridized carbons (Fsp3) is 0.412. The van der Waals surface area contributed by atoms with E-state index >= 15 is 0 Å². The highest BCUT2D eigenvalue weighted by Gasteiger charge is 2.33. The van der Waals surface area contributed by atoms with Gasteiger partial charge in [-0.25, -0.2) is 0 Å². The maximum absolute atomic E-state index is 13.0. The second kappa shape index (κ2) is 6.68. The van der Waals surface area contributed by atoms with Crippen molar-refractivity contribution in [2.75, 3.05) is 26.3 Å². The minimum Gasteiger partial charge on any atom is -0.378 e. The number of nitrogens with one attached hydrogen (secondary N) is 2. The van der Waals surface area contributed by atoms with E-state index in [1.54, 1.807) is 0 Å². The summed E-state index contributed by atoms with van der Waals surface area (Å²) in [4.78, 5) is 14.9. The number of rotatable bonds is 2. The first-order valence-electron chi connectivity index (χ1n) is 7.78. The Labute approximate surface area is 141 Å². The molecule has 2 aliphatic rings. The Morgan fingerprint density at radius 3 is 2.74 bits per heavy atom. The minimum absolute atomic E-state index is 0.0415. The molecule has 2 heterocycles. The number of thiocarbonyl (C=S) groups is 1. The van der Waals surface area contributed by atoms with Crippen LogP contribution in [0.3, 0.4) is 0 Å². The van der Waals surface area contributed by atoms with Gasteiger partial charge in [0.1, 0.15) is 0 Å². The first-order valence-corrected chi connectivity index (χ1v) is 8.19. The largest absolute Gasteiger partial charge is 0.378 e. The SMILES string of the molecule is CC1=C(C(=O)N2CCOCC2)[C@@H](c2cccc(C)c2)NC(=S)N1. The van der Waals surface area contributed by atoms with Gasteiger partial charge >= 0.3 is 0 Å². The van der Waals surface area contributed by atoms with Crippen molar-refractivity contribution in [3.8, 4) is 0 Å². The Bertz CT molecular complexity index is 666. The van der Waals surface area contributed by atoms with Crippen molar-refractivity contribution in [3.05, 3.63) is 46.7 Å². The molecule has 0 radical (unpaired) electrons. The average Bonchev–Trinajstić information content (AvgIpc) is 2.54. The Balaban J connectivity index is 1.97. The first kappa shape index (κ1) is 16.0. The van der Waals surface area contributed by atoms with Crippen molar-refractivity contribution in [2.24, 2.45) is 0 Å². The number of carbonyl (C=O) groups excluding carboxylic acids is 1. The Hall–Kier alpha value is -1.92. The first-order chi connectivity index (χ1) is 11.1. The molecule has 6 heteroatoms. The van der Waals surface area contributed by atoms with Crippen LogP contribution in [0.5, 0.6) is 0 Å². The molecule has 0 aliphatic carbocycles. The predicted octanol–water partition coefficient (Wildman–Crippen LogP) is 1.65. The zero-order valence-corrected chi connectivity index (χ0v) is 14.2. The molecular weight excluding hydrogens is 310 g/mol. The number of carbonyl (C=O) groups is 1. The number of hydrogen-bond acceptors (Lipinski definition) is 3. The van der Waals surface area contributed by atoms with Gasteiger partial charge in [-0.15, -0.1) is 0 Å². The van der Waals surface area contributed by atoms with Gasteiger partial charge in [-0.2, -0.15) is 0 Å². The van der Waals surface area contributed by atoms with E-state index in [1.807, 2.05) is 36.9 Å². The quantitative estimate of drug-likeness (QED) is 0.807. The summed E-state index contributed by atoms with van der Waals surface area (Å²) in [7, 11) is 0. The summed E-state index contributed by atoms with van der Waals surface area (Å²) in [5.41, 5.74) is 3.75. The van der Waals surface area contributed by atoms with Gasteiger partial charge in [-0.1, -0.05) is 29.8 Å². The van der Waals surface area contributed by atoms with Crippen LogP contribution < -0.4 is 10.6 Å². The smallest absolute Gasteiger partial charge is 0.254 e. The molecule has 0 unspecified atom stereocenters. The number of amides is 1. The number of allylic oxidation sites excluding steroid dienone is 1. The van der Waals surface area contributed by atoms with E-state index in [0.717, 1.165) is 22.4 Å². The minimum atomic E-state index is -0.223. The maximum atomic E-state index is 13.0. The molecule has 3 rings (SSSR count). The monoisotopic (exact) mass is 331 g/mol. The number of hydrogen-bond donors (Lipinski definition) is 2. The Kier molecular flexibility index (Phi) is 4.63. The van der Waals surface area contributed by atoms with Crippen LogP contribution in [0.4, 0.5) is 0 Å². The standard InChI is InChI=1S/C17H21N3O2S/c1-11-4-3-5-13(10-11)15-14(12(2)18-17(23)19-15)16(21)20-6-8-22-9-7-20/h3-5,10,15H,6-9H2,1-2H3,(H2,18,19,23)/t15-/m1/s1. The zero-order valence-electron chi connectivity index (χ0n) is 13.4. The summed E-state index contributed by atoms with van der Waals surface area (Å²) in [6.07, 6.45) is 0. The van der Waals surface area contributed by atoms with Gasteiger partial charge in [-0.3, -0.25) is 4.79 Å². The van der Waals surface area contributed by atoms with E-state index in [1.165, 1.54) is 0 Å². The molecule has 1 aromatic rings. The molecule has 0 saturated carbocycles. The molecule has 1 amide bonds. The Morgan fingerprint density at radius 2 is 2.04 bits per heavy atom. The third-order valence-corrected chi connectivity index (χ3v) is 4.39. The summed E-state index contributed by atoms with van der Waals surface area (Å²) in [6, 6.07) is 7.94. The number of benzene rings is 1. The van der Waals surface area contributed by atoms with Gasteiger partial charge in [0.25, 0.3) is 5.91 Å². The number of aryl methyl sites for hydroxylation is 1. The van der Waals surface area contributed by atoms with Gasteiger partial charge in [-0.05, 0) is 31.6 Å². The van der Waals surface area contributed by atoms with E-state index in [-0.39, 0.29) is 11.9 Å². The molecule has 122 valence electrons. The molecule has 2 aliphatic heterocycles. The van der Waals surface area contributed by atoms with Crippen molar-refractivity contribution in [2.45, 2.75) is 19.9 Å². The zero-order chi connectivity index (χ0) is 16.4. The van der Waals surface area contributed by atoms with Crippen LogP contribution in [0.25, 0.3) is 0 Å². The lowest BCUT2D eigenvalue weighted by Gasteiger charge is -2.35. The maximum Gasteiger partial charge on any atom is 0.254 e. The summed E-state index contributed by atoms with van der Waals surface area (Å²) in [6.45, 7) is 6.38. The van der Waals surface area contributed by atoms with Crippen LogP contribution in [-0.2, 0) is 9.53 Å². The molecule has 1 saturated heterocycles. The van der Waals surface area contributed by atoms with Crippen molar-refractivity contribution in [1.29, 1.82) is 0 Å². The van der Waals surface area contributed by atoms with Crippen molar-refractivity contribution in [3.63, 3.8) is 0 Å². The van der Waals surface area contributed by atoms with Crippen molar-refractivity contribution >= 4 is 23.2 Å². The van der Waals surface area contributed by atoms with E-state index in [4.69, 9.17) is 17.0 Å². The number of ether oxygens (including phenoxy) is 1. The molecule has 1 atom stereocenters. The van der Waals surface area contributed by atoms with E-state index in [2.05, 4.69) is 16.7 Å². The van der Waals surface area contributed by atoms with E-state index < -0.39 is 0 Å². The van der Waals surface area contributed by atoms with Gasteiger partial charge in [0.05, 0.1) is 24.8 Å². The van der Waals surface area contributed by atoms with Crippen molar-refractivity contribution < 1.29 is 9.53 Å². The van der Waals surface area contributed by atoms with Gasteiger partial charge in [0.15, 0.2) is 5.11 Å². The summed E-state index contributed by atoms with van der Waals surface area (Å²) in [5.74, 6) is 0.0415. The summed E-state index contributed by atoms with van der Waals surface area (Å²) >= 11 is 5.29. The topological polar surface area (TPSA) is 53.6 Å². The van der Waals surface area contributed by atoms with Gasteiger partial charge in [0, 0.05) is 18.8 Å². The molecule has 1 fully saturated rings. The molecule has 0 spiro atoms. The van der Waals surface area contributed by atoms with Crippen LogP contribution in [0, 0.1) is 6.92 Å². The van der Waals surface area contributed by atoms with Crippen molar-refractivity contribution in [1.82, 2.24) is 15.5 Å². The highest BCUT2D eigenvalue weighted by atomic mass is 32.1. The van der Waals surface area contributed by atoms with Crippen LogP contribution >= 0.6 is 12.2 Å². The molecule has 2 N–H and O–H groups in total. The molecule has 23 heavy (non-hydrogen) atoms. The summed E-state index contributed by atoms with van der Waals surface area (Å²) in [5, 5.41) is 6.88. The van der Waals surface area contributed by atoms with Crippen LogP contribution in [0.15, 0.2) is 35.5 Å². The molecule has 0 bridgehead atoms. The van der Waals surface area contributed by atoms with Crippen LogP contribution in [-0.4, -0.2) is 42.2 Å². The van der Waals surface area contributed by atoms with Gasteiger partial charge in [0.2, 0.25) is 0 Å². The molecule has 5 nitrogen and oxygen atoms in total. The lowest BCUT2D eigenvalue weighted by atomic mass is 9.93. The highest BCUT2D eigenvalue weighted by Crippen LogP contribution is 2.28. The lowest BCUT2D eigenvalue weighted by Crippen LogP contribution is -2.49. The second-order valence-electron chi connectivity index (χ2n) is 5.89. The predicted molar refractivity (Wildman–Crippen MR) is 92.9 cm³/mol. The normalized spacial score (nSPS) is 21.7. The number of nitrogens with zero attached hydrogens (tertiary/aromatic N) is 1.